The predicted octanol–water partition coefficient (Wildman–Crippen LogP) is 4.43. The Kier molecular flexibility index (Phi) is 2.37. The van der Waals surface area contributed by atoms with Crippen molar-refractivity contribution in [1.82, 2.24) is 0 Å². The minimum atomic E-state index is 0.191. The normalized spacial score (nSPS) is 21.6. The van der Waals surface area contributed by atoms with Gasteiger partial charge in [0.05, 0.1) is 6.04 Å². The first-order chi connectivity index (χ1) is 8.58. The molecule has 0 aromatic heterocycles. The number of hydrogen-bond donors (Lipinski definition) is 1. The SMILES string of the molecule is CC1(C)CC1N=Nc1c(O)ccc2ccccc12. The van der Waals surface area contributed by atoms with Crippen LogP contribution < -0.4 is 0 Å². The summed E-state index contributed by atoms with van der Waals surface area (Å²) in [6.07, 6.45) is 1.07. The van der Waals surface area contributed by atoms with Crippen LogP contribution in [0.25, 0.3) is 10.8 Å². The quantitative estimate of drug-likeness (QED) is 0.775. The number of rotatable bonds is 2. The summed E-state index contributed by atoms with van der Waals surface area (Å²) in [5, 5.41) is 20.5. The smallest absolute Gasteiger partial charge is 0.143 e. The number of phenols is 1. The van der Waals surface area contributed by atoms with E-state index in [1.54, 1.807) is 6.07 Å². The Balaban J connectivity index is 2.03. The fraction of sp³-hybridized carbons (Fsp3) is 0.333. The van der Waals surface area contributed by atoms with E-state index >= 15 is 0 Å². The van der Waals surface area contributed by atoms with Gasteiger partial charge in [-0.15, -0.1) is 0 Å². The molecule has 0 bridgehead atoms. The maximum atomic E-state index is 9.92. The molecule has 3 heteroatoms. The first-order valence-corrected chi connectivity index (χ1v) is 6.19. The van der Waals surface area contributed by atoms with Gasteiger partial charge in [0.2, 0.25) is 0 Å². The molecule has 1 unspecified atom stereocenters. The van der Waals surface area contributed by atoms with Crippen LogP contribution in [0.4, 0.5) is 5.69 Å². The minimum Gasteiger partial charge on any atom is -0.506 e. The molecule has 0 aliphatic heterocycles. The van der Waals surface area contributed by atoms with E-state index in [9.17, 15) is 5.11 Å². The molecule has 0 saturated heterocycles. The summed E-state index contributed by atoms with van der Waals surface area (Å²) in [4.78, 5) is 0. The van der Waals surface area contributed by atoms with Crippen LogP contribution >= 0.6 is 0 Å². The number of benzene rings is 2. The number of phenolic OH excluding ortho intramolecular Hbond substituents is 1. The Morgan fingerprint density at radius 2 is 1.89 bits per heavy atom. The zero-order valence-corrected chi connectivity index (χ0v) is 10.6. The van der Waals surface area contributed by atoms with Gasteiger partial charge in [0, 0.05) is 5.39 Å². The van der Waals surface area contributed by atoms with Gasteiger partial charge >= 0.3 is 0 Å². The lowest BCUT2D eigenvalue weighted by Crippen LogP contribution is -1.89. The summed E-state index contributed by atoms with van der Waals surface area (Å²) in [5.74, 6) is 0.191. The fourth-order valence-electron chi connectivity index (χ4n) is 2.11. The first-order valence-electron chi connectivity index (χ1n) is 6.19. The van der Waals surface area contributed by atoms with Gasteiger partial charge in [-0.1, -0.05) is 44.2 Å². The second kappa shape index (κ2) is 3.80. The van der Waals surface area contributed by atoms with E-state index in [-0.39, 0.29) is 17.2 Å². The van der Waals surface area contributed by atoms with Crippen molar-refractivity contribution in [2.45, 2.75) is 26.3 Å². The molecule has 2 aromatic rings. The van der Waals surface area contributed by atoms with Gasteiger partial charge in [0.1, 0.15) is 11.4 Å². The van der Waals surface area contributed by atoms with Crippen LogP contribution in [0.5, 0.6) is 5.75 Å². The Hall–Kier alpha value is -1.90. The van der Waals surface area contributed by atoms with E-state index in [4.69, 9.17) is 0 Å². The predicted molar refractivity (Wildman–Crippen MR) is 72.3 cm³/mol. The molecule has 1 aliphatic carbocycles. The molecular formula is C15H16N2O. The molecule has 1 N–H and O–H groups in total. The molecule has 2 aromatic carbocycles. The summed E-state index contributed by atoms with van der Waals surface area (Å²) in [7, 11) is 0. The van der Waals surface area contributed by atoms with E-state index in [2.05, 4.69) is 24.1 Å². The molecule has 0 radical (unpaired) electrons. The Bertz CT molecular complexity index is 631. The van der Waals surface area contributed by atoms with Crippen LogP contribution in [0.2, 0.25) is 0 Å². The van der Waals surface area contributed by atoms with Crippen molar-refractivity contribution >= 4 is 16.5 Å². The van der Waals surface area contributed by atoms with Gasteiger partial charge in [-0.05, 0) is 23.3 Å². The lowest BCUT2D eigenvalue weighted by atomic mass is 10.1. The number of nitrogens with zero attached hydrogens (tertiary/aromatic N) is 2. The van der Waals surface area contributed by atoms with Crippen molar-refractivity contribution in [3.05, 3.63) is 36.4 Å². The maximum absolute atomic E-state index is 9.92. The van der Waals surface area contributed by atoms with Crippen molar-refractivity contribution in [2.75, 3.05) is 0 Å². The van der Waals surface area contributed by atoms with Gasteiger partial charge < -0.3 is 5.11 Å². The van der Waals surface area contributed by atoms with Crippen molar-refractivity contribution in [3.8, 4) is 5.75 Å². The zero-order chi connectivity index (χ0) is 12.8. The highest BCUT2D eigenvalue weighted by Crippen LogP contribution is 2.48. The lowest BCUT2D eigenvalue weighted by Gasteiger charge is -2.03. The number of aromatic hydroxyl groups is 1. The van der Waals surface area contributed by atoms with Crippen molar-refractivity contribution in [3.63, 3.8) is 0 Å². The van der Waals surface area contributed by atoms with E-state index < -0.39 is 0 Å². The third kappa shape index (κ3) is 1.86. The van der Waals surface area contributed by atoms with E-state index in [1.807, 2.05) is 30.3 Å². The van der Waals surface area contributed by atoms with Crippen molar-refractivity contribution < 1.29 is 5.11 Å². The Morgan fingerprint density at radius 1 is 1.17 bits per heavy atom. The summed E-state index contributed by atoms with van der Waals surface area (Å²) in [6, 6.07) is 11.7. The number of azo groups is 1. The minimum absolute atomic E-state index is 0.191. The van der Waals surface area contributed by atoms with Gasteiger partial charge in [-0.3, -0.25) is 0 Å². The van der Waals surface area contributed by atoms with Crippen LogP contribution in [0.1, 0.15) is 20.3 Å². The van der Waals surface area contributed by atoms with Gasteiger partial charge in [0.25, 0.3) is 0 Å². The Labute approximate surface area is 106 Å². The number of hydrogen-bond acceptors (Lipinski definition) is 3. The molecule has 92 valence electrons. The summed E-state index contributed by atoms with van der Waals surface area (Å²) in [5.41, 5.74) is 0.847. The van der Waals surface area contributed by atoms with Crippen LogP contribution in [0, 0.1) is 5.41 Å². The molecule has 1 atom stereocenters. The fourth-order valence-corrected chi connectivity index (χ4v) is 2.11. The zero-order valence-electron chi connectivity index (χ0n) is 10.6. The van der Waals surface area contributed by atoms with Gasteiger partial charge in [-0.2, -0.15) is 10.2 Å². The highest BCUT2D eigenvalue weighted by atomic mass is 16.3. The van der Waals surface area contributed by atoms with E-state index in [0.29, 0.717) is 5.69 Å². The van der Waals surface area contributed by atoms with Crippen molar-refractivity contribution in [2.24, 2.45) is 15.6 Å². The average Bonchev–Trinajstić information content (AvgIpc) is 2.96. The summed E-state index contributed by atoms with van der Waals surface area (Å²) in [6.45, 7) is 4.36. The number of fused-ring (bicyclic) bond motifs is 1. The third-order valence-electron chi connectivity index (χ3n) is 3.64. The molecule has 1 fully saturated rings. The van der Waals surface area contributed by atoms with E-state index in [1.165, 1.54) is 0 Å². The van der Waals surface area contributed by atoms with Crippen LogP contribution in [0.15, 0.2) is 46.6 Å². The first kappa shape index (κ1) is 11.2. The van der Waals surface area contributed by atoms with Crippen LogP contribution in [-0.4, -0.2) is 11.1 Å². The average molecular weight is 240 g/mol. The van der Waals surface area contributed by atoms with E-state index in [0.717, 1.165) is 17.2 Å². The largest absolute Gasteiger partial charge is 0.506 e. The molecule has 0 heterocycles. The maximum Gasteiger partial charge on any atom is 0.143 e. The van der Waals surface area contributed by atoms with Gasteiger partial charge in [0.15, 0.2) is 0 Å². The third-order valence-corrected chi connectivity index (χ3v) is 3.64. The molecule has 3 nitrogen and oxygen atoms in total. The van der Waals surface area contributed by atoms with Crippen LogP contribution in [-0.2, 0) is 0 Å². The second-order valence-electron chi connectivity index (χ2n) is 5.58. The lowest BCUT2D eigenvalue weighted by molar-refractivity contribution is 0.476. The van der Waals surface area contributed by atoms with Crippen LogP contribution in [0.3, 0.4) is 0 Å². The standard InChI is InChI=1S/C15H16N2O/c1-15(2)9-13(15)16-17-14-11-6-4-3-5-10(11)7-8-12(14)18/h3-8,13,18H,9H2,1-2H3. The molecule has 1 aliphatic rings. The summed E-state index contributed by atoms with van der Waals surface area (Å²) < 4.78 is 0. The Morgan fingerprint density at radius 3 is 2.61 bits per heavy atom. The molecular weight excluding hydrogens is 224 g/mol. The molecule has 0 amide bonds. The monoisotopic (exact) mass is 240 g/mol. The topological polar surface area (TPSA) is 45.0 Å². The summed E-state index contributed by atoms with van der Waals surface area (Å²) >= 11 is 0. The molecule has 1 saturated carbocycles. The molecule has 0 spiro atoms. The molecule has 3 rings (SSSR count). The molecule has 18 heavy (non-hydrogen) atoms. The highest BCUT2D eigenvalue weighted by molar-refractivity contribution is 5.95. The van der Waals surface area contributed by atoms with Crippen molar-refractivity contribution in [1.29, 1.82) is 0 Å². The highest BCUT2D eigenvalue weighted by Gasteiger charge is 2.46. The second-order valence-corrected chi connectivity index (χ2v) is 5.58. The van der Waals surface area contributed by atoms with Gasteiger partial charge in [-0.25, -0.2) is 0 Å².